The summed E-state index contributed by atoms with van der Waals surface area (Å²) in [6.07, 6.45) is 11.3. The van der Waals surface area contributed by atoms with Gasteiger partial charge in [-0.2, -0.15) is 0 Å². The molecule has 0 fully saturated rings. The van der Waals surface area contributed by atoms with Crippen molar-refractivity contribution in [1.82, 2.24) is 0 Å². The maximum absolute atomic E-state index is 2.49. The van der Waals surface area contributed by atoms with Crippen LogP contribution < -0.4 is 0 Å². The maximum Gasteiger partial charge on any atom is -0.0102 e. The van der Waals surface area contributed by atoms with Crippen molar-refractivity contribution in [2.24, 2.45) is 17.3 Å². The molecule has 0 amide bonds. The largest absolute Gasteiger partial charge is 0.0654 e. The highest BCUT2D eigenvalue weighted by Gasteiger charge is 2.27. The number of hydrogen-bond donors (Lipinski definition) is 0. The van der Waals surface area contributed by atoms with Gasteiger partial charge in [0.05, 0.1) is 0 Å². The molecule has 0 spiro atoms. The van der Waals surface area contributed by atoms with Gasteiger partial charge in [-0.25, -0.2) is 0 Å². The summed E-state index contributed by atoms with van der Waals surface area (Å²) in [6.45, 7) is 55.6. The topological polar surface area (TPSA) is 0 Å². The van der Waals surface area contributed by atoms with E-state index in [0.717, 1.165) is 11.8 Å². The minimum Gasteiger partial charge on any atom is -0.0654 e. The molecular weight excluding hydrogens is 853 g/mol. The zero-order chi connectivity index (χ0) is 53.8. The maximum atomic E-state index is 2.49. The molecule has 2 atom stereocenters. The van der Waals surface area contributed by atoms with Crippen molar-refractivity contribution < 1.29 is 0 Å². The van der Waals surface area contributed by atoms with Gasteiger partial charge in [-0.3, -0.25) is 0 Å². The van der Waals surface area contributed by atoms with Crippen molar-refractivity contribution in [3.8, 4) is 0 Å². The SMILES string of the molecule is CCCCc1c(C)c2ccccc2c2ccccc12.CCCCc1ccccc1C.Cc1c(C(C)(C)C)cc(C(C)(C)C)c(C)c1CCC(C)C(C)(C)C.Cc1c(C)c(C)c(C(C)CC(C)C)c(C)c1C. The van der Waals surface area contributed by atoms with Gasteiger partial charge in [0.2, 0.25) is 0 Å². The Balaban J connectivity index is 0.000000258. The number of aryl methyl sites for hydroxylation is 4. The molecule has 6 aromatic rings. The van der Waals surface area contributed by atoms with Crippen LogP contribution in [-0.4, -0.2) is 0 Å². The monoisotopic (exact) mass is 959 g/mol. The molecule has 0 aliphatic rings. The summed E-state index contributed by atoms with van der Waals surface area (Å²) in [7, 11) is 0. The third-order valence-corrected chi connectivity index (χ3v) is 16.5. The van der Waals surface area contributed by atoms with E-state index in [1.54, 1.807) is 11.1 Å². The summed E-state index contributed by atoms with van der Waals surface area (Å²) in [6, 6.07) is 28.8. The first-order chi connectivity index (χ1) is 33.0. The van der Waals surface area contributed by atoms with Crippen molar-refractivity contribution in [1.29, 1.82) is 0 Å². The third kappa shape index (κ3) is 16.4. The Kier molecular flexibility index (Phi) is 23.0. The minimum atomic E-state index is 0.197. The van der Waals surface area contributed by atoms with Gasteiger partial charge in [-0.05, 0) is 246 Å². The Labute approximate surface area is 439 Å². The van der Waals surface area contributed by atoms with Crippen molar-refractivity contribution in [2.45, 2.75) is 241 Å². The van der Waals surface area contributed by atoms with Crippen molar-refractivity contribution >= 4 is 21.5 Å². The predicted octanol–water partition coefficient (Wildman–Crippen LogP) is 21.9. The summed E-state index contributed by atoms with van der Waals surface area (Å²) < 4.78 is 0. The summed E-state index contributed by atoms with van der Waals surface area (Å²) in [4.78, 5) is 0. The van der Waals surface area contributed by atoms with Gasteiger partial charge in [0.25, 0.3) is 0 Å². The van der Waals surface area contributed by atoms with Crippen molar-refractivity contribution in [2.75, 3.05) is 0 Å². The molecule has 6 aromatic carbocycles. The lowest BCUT2D eigenvalue weighted by molar-refractivity contribution is 0.247. The Hall–Kier alpha value is -4.16. The first kappa shape index (κ1) is 61.1. The number of unbranched alkanes of at least 4 members (excludes halogenated alkanes) is 2. The van der Waals surface area contributed by atoms with E-state index in [-0.39, 0.29) is 10.8 Å². The lowest BCUT2D eigenvalue weighted by Gasteiger charge is -2.32. The lowest BCUT2D eigenvalue weighted by atomic mass is 9.73. The highest BCUT2D eigenvalue weighted by atomic mass is 14.3. The molecule has 0 aliphatic heterocycles. The summed E-state index contributed by atoms with van der Waals surface area (Å²) in [5, 5.41) is 5.63. The van der Waals surface area contributed by atoms with Crippen LogP contribution in [0, 0.1) is 79.6 Å². The fourth-order valence-electron chi connectivity index (χ4n) is 11.1. The fourth-order valence-corrected chi connectivity index (χ4v) is 11.1. The van der Waals surface area contributed by atoms with Crippen LogP contribution in [0.5, 0.6) is 0 Å². The second-order valence-corrected chi connectivity index (χ2v) is 25.4. The molecule has 390 valence electrons. The van der Waals surface area contributed by atoms with Gasteiger partial charge in [-0.15, -0.1) is 0 Å². The van der Waals surface area contributed by atoms with E-state index in [9.17, 15) is 0 Å². The second kappa shape index (κ2) is 26.7. The molecule has 6 rings (SSSR count). The summed E-state index contributed by atoms with van der Waals surface area (Å²) >= 11 is 0. The highest BCUT2D eigenvalue weighted by molar-refractivity contribution is 6.10. The molecule has 0 heterocycles. The van der Waals surface area contributed by atoms with E-state index in [2.05, 4.69) is 245 Å². The molecule has 2 unspecified atom stereocenters. The molecule has 0 N–H and O–H groups in total. The first-order valence-corrected chi connectivity index (χ1v) is 28.1. The van der Waals surface area contributed by atoms with Crippen LogP contribution in [0.1, 0.15) is 232 Å². The summed E-state index contributed by atoms with van der Waals surface area (Å²) in [5.41, 5.74) is 23.5. The van der Waals surface area contributed by atoms with Crippen LogP contribution in [0.4, 0.5) is 0 Å². The van der Waals surface area contributed by atoms with Crippen LogP contribution in [0.2, 0.25) is 0 Å². The standard InChI is InChI=1S/C24H42.C19H20.C17H28.C11H16/c1-16(22(4,5)6)13-14-19-17(2)20(23(7,8)9)15-21(18(19)3)24(10,11)12;1-3-4-9-15-14(2)16-10-5-6-11-18(16)19-13-8-7-12-17(15)19;1-10(2)9-11(3)17-15(7)13(5)12(4)14(6)16(17)8;1-3-4-8-11-9-6-5-7-10(11)2/h15-16H,13-14H2,1-12H3;5-8,10-13H,3-4,9H2,1-2H3;10-11H,9H2,1-8H3;5-7,9H,3-4,8H2,1-2H3. The van der Waals surface area contributed by atoms with E-state index in [1.807, 2.05) is 0 Å². The van der Waals surface area contributed by atoms with Crippen LogP contribution >= 0.6 is 0 Å². The van der Waals surface area contributed by atoms with Gasteiger partial charge in [0, 0.05) is 0 Å². The third-order valence-electron chi connectivity index (χ3n) is 16.5. The molecule has 0 radical (unpaired) electrons. The van der Waals surface area contributed by atoms with Gasteiger partial charge < -0.3 is 0 Å². The second-order valence-electron chi connectivity index (χ2n) is 25.4. The normalized spacial score (nSPS) is 12.7. The van der Waals surface area contributed by atoms with E-state index in [4.69, 9.17) is 0 Å². The summed E-state index contributed by atoms with van der Waals surface area (Å²) in [5.74, 6) is 2.17. The van der Waals surface area contributed by atoms with Gasteiger partial charge in [-0.1, -0.05) is 196 Å². The Morgan fingerprint density at radius 3 is 1.30 bits per heavy atom. The molecular formula is C71H106. The van der Waals surface area contributed by atoms with Crippen LogP contribution in [-0.2, 0) is 30.1 Å². The molecule has 0 aliphatic carbocycles. The van der Waals surface area contributed by atoms with E-state index >= 15 is 0 Å². The quantitative estimate of drug-likeness (QED) is 0.107. The molecule has 0 nitrogen and oxygen atoms in total. The van der Waals surface area contributed by atoms with Crippen LogP contribution in [0.15, 0.2) is 78.9 Å². The van der Waals surface area contributed by atoms with Gasteiger partial charge >= 0.3 is 0 Å². The Morgan fingerprint density at radius 1 is 0.423 bits per heavy atom. The Bertz CT molecular complexity index is 2550. The molecule has 0 heteroatoms. The number of benzene rings is 6. The smallest absolute Gasteiger partial charge is 0.0102 e. The predicted molar refractivity (Wildman–Crippen MR) is 323 cm³/mol. The average Bonchev–Trinajstić information content (AvgIpc) is 3.29. The van der Waals surface area contributed by atoms with Crippen LogP contribution in [0.25, 0.3) is 21.5 Å². The number of rotatable bonds is 12. The highest BCUT2D eigenvalue weighted by Crippen LogP contribution is 2.39. The Morgan fingerprint density at radius 2 is 0.845 bits per heavy atom. The zero-order valence-electron chi connectivity index (χ0n) is 50.6. The molecule has 0 saturated heterocycles. The molecule has 0 aromatic heterocycles. The lowest BCUT2D eigenvalue weighted by Crippen LogP contribution is -2.22. The first-order valence-electron chi connectivity index (χ1n) is 28.1. The minimum absolute atomic E-state index is 0.197. The molecule has 71 heavy (non-hydrogen) atoms. The number of hydrogen-bond acceptors (Lipinski definition) is 0. The van der Waals surface area contributed by atoms with Gasteiger partial charge in [0.1, 0.15) is 0 Å². The molecule has 0 saturated carbocycles. The number of fused-ring (bicyclic) bond motifs is 3. The average molecular weight is 960 g/mol. The van der Waals surface area contributed by atoms with E-state index in [1.165, 1.54) is 152 Å². The van der Waals surface area contributed by atoms with E-state index in [0.29, 0.717) is 11.3 Å². The zero-order valence-corrected chi connectivity index (χ0v) is 50.6. The van der Waals surface area contributed by atoms with E-state index < -0.39 is 0 Å². The molecule has 0 bridgehead atoms. The van der Waals surface area contributed by atoms with Gasteiger partial charge in [0.15, 0.2) is 0 Å². The van der Waals surface area contributed by atoms with Crippen molar-refractivity contribution in [3.63, 3.8) is 0 Å². The fraction of sp³-hybridized carbons (Fsp3) is 0.549. The van der Waals surface area contributed by atoms with Crippen molar-refractivity contribution in [3.05, 3.63) is 162 Å². The van der Waals surface area contributed by atoms with Crippen LogP contribution in [0.3, 0.4) is 0 Å².